The number of hydrogen-bond donors (Lipinski definition) is 1. The summed E-state index contributed by atoms with van der Waals surface area (Å²) in [5.74, 6) is -0.855. The minimum atomic E-state index is -3.81. The summed E-state index contributed by atoms with van der Waals surface area (Å²) in [6, 6.07) is 0. The maximum atomic E-state index is 16.1. The number of imidazole rings is 2. The van der Waals surface area contributed by atoms with E-state index in [-0.39, 0.29) is 43.3 Å². The van der Waals surface area contributed by atoms with Gasteiger partial charge in [-0.25, -0.2) is 19.3 Å². The number of primary amides is 1. The third-order valence-corrected chi connectivity index (χ3v) is 11.2. The van der Waals surface area contributed by atoms with Crippen LogP contribution >= 0.6 is 15.9 Å². The number of hydrogen-bond acceptors (Lipinski definition) is 12. The van der Waals surface area contributed by atoms with Crippen molar-refractivity contribution < 1.29 is 41.1 Å². The lowest BCUT2D eigenvalue weighted by atomic mass is 9.53. The molecule has 236 valence electrons. The predicted molar refractivity (Wildman–Crippen MR) is 154 cm³/mol. The van der Waals surface area contributed by atoms with Crippen molar-refractivity contribution in [2.24, 2.45) is 33.9 Å². The standard InChI is InChI=1S/C26H32FN7O8P2/c1-26(3-4-29-17(8-26)22(28)35)16-7-14-9-40-44(2,37)42-21-18(11-39-43(36)38-10-15(14)16)41-25(19(21)27)34-13-31-20-23-30-5-6-33(23)12-32-24(20)34/h3-6,12-16,18-19,21,25,43H,7-11H2,1-2H3,(H2,28,35)/t14-,15-,16-,18-,19-,21-,25-,26?,44-/m1/s1. The molecule has 2 N–H and O–H groups in total. The summed E-state index contributed by atoms with van der Waals surface area (Å²) in [5.41, 5.74) is 6.63. The fourth-order valence-electron chi connectivity index (χ4n) is 6.73. The molecular formula is C26H32FN7O8P2. The Morgan fingerprint density at radius 3 is 2.82 bits per heavy atom. The van der Waals surface area contributed by atoms with E-state index in [2.05, 4.69) is 19.9 Å². The van der Waals surface area contributed by atoms with Crippen LogP contribution in [0.4, 0.5) is 4.39 Å². The molecule has 4 aliphatic rings. The van der Waals surface area contributed by atoms with Crippen molar-refractivity contribution in [1.82, 2.24) is 23.9 Å². The zero-order valence-corrected chi connectivity index (χ0v) is 25.8. The third kappa shape index (κ3) is 5.26. The molecule has 3 fully saturated rings. The molecule has 3 aromatic heterocycles. The molecule has 0 bridgehead atoms. The highest BCUT2D eigenvalue weighted by Gasteiger charge is 2.53. The van der Waals surface area contributed by atoms with E-state index in [9.17, 15) is 13.9 Å². The van der Waals surface area contributed by atoms with E-state index in [0.717, 1.165) is 0 Å². The highest BCUT2D eigenvalue weighted by atomic mass is 31.2. The minimum absolute atomic E-state index is 0.00908. The minimum Gasteiger partial charge on any atom is -0.365 e. The number of carbonyl (C=O) groups excluding carboxylic acids is 1. The Morgan fingerprint density at radius 2 is 2.00 bits per heavy atom. The first kappa shape index (κ1) is 29.8. The van der Waals surface area contributed by atoms with Crippen molar-refractivity contribution in [3.8, 4) is 0 Å². The second-order valence-electron chi connectivity index (χ2n) is 11.9. The Morgan fingerprint density at radius 1 is 1.18 bits per heavy atom. The fraction of sp³-hybridized carbons (Fsp3) is 0.577. The van der Waals surface area contributed by atoms with Crippen molar-refractivity contribution in [3.05, 3.63) is 37.3 Å². The molecule has 18 heteroatoms. The second kappa shape index (κ2) is 11.2. The van der Waals surface area contributed by atoms with E-state index >= 15 is 4.39 Å². The number of rotatable bonds is 3. The number of fused-ring (bicyclic) bond motifs is 5. The van der Waals surface area contributed by atoms with Crippen LogP contribution in [0.2, 0.25) is 0 Å². The monoisotopic (exact) mass is 651 g/mol. The van der Waals surface area contributed by atoms with E-state index in [1.54, 1.807) is 23.0 Å². The smallest absolute Gasteiger partial charge is 0.328 e. The van der Waals surface area contributed by atoms with Gasteiger partial charge in [0.05, 0.1) is 26.1 Å². The average Bonchev–Trinajstić information content (AvgIpc) is 3.68. The van der Waals surface area contributed by atoms with Gasteiger partial charge in [0.25, 0.3) is 5.91 Å². The van der Waals surface area contributed by atoms with Gasteiger partial charge in [-0.15, -0.1) is 0 Å². The lowest BCUT2D eigenvalue weighted by Gasteiger charge is -2.52. The van der Waals surface area contributed by atoms with Crippen molar-refractivity contribution in [3.63, 3.8) is 0 Å². The van der Waals surface area contributed by atoms with Gasteiger partial charge in [-0.1, -0.05) is 13.0 Å². The first-order valence-electron chi connectivity index (χ1n) is 14.2. The van der Waals surface area contributed by atoms with Gasteiger partial charge in [-0.3, -0.25) is 32.4 Å². The van der Waals surface area contributed by atoms with Gasteiger partial charge in [0.15, 0.2) is 29.2 Å². The highest BCUT2D eigenvalue weighted by Crippen LogP contribution is 2.57. The summed E-state index contributed by atoms with van der Waals surface area (Å²) in [6.45, 7) is 3.08. The Hall–Kier alpha value is -2.84. The summed E-state index contributed by atoms with van der Waals surface area (Å²) in [6.07, 6.45) is 5.19. The number of nitrogens with two attached hydrogens (primary N) is 1. The van der Waals surface area contributed by atoms with E-state index in [0.29, 0.717) is 29.7 Å². The summed E-state index contributed by atoms with van der Waals surface area (Å²) < 4.78 is 74.5. The SMILES string of the molecule is CC1([C@@H]2C[C@@H]3CO[P@@](C)(=O)O[C@H]4[C@@H](F)[C@H](n5cnc6c5ncn5ccnc65)O[C@@H]4CO[PH](=O)OC[C@H]32)C=CN=C(C(N)=O)C1. The summed E-state index contributed by atoms with van der Waals surface area (Å²) in [7, 11) is -6.84. The van der Waals surface area contributed by atoms with Crippen LogP contribution in [0, 0.1) is 23.2 Å². The van der Waals surface area contributed by atoms with Crippen LogP contribution in [-0.2, 0) is 36.8 Å². The van der Waals surface area contributed by atoms with Gasteiger partial charge in [0.1, 0.15) is 24.2 Å². The third-order valence-electron chi connectivity index (χ3n) is 9.13. The zero-order chi connectivity index (χ0) is 30.8. The van der Waals surface area contributed by atoms with Crippen molar-refractivity contribution in [1.29, 1.82) is 0 Å². The van der Waals surface area contributed by atoms with E-state index in [4.69, 9.17) is 28.6 Å². The number of aliphatic imine (C=N–C) groups is 1. The molecule has 1 amide bonds. The zero-order valence-electron chi connectivity index (χ0n) is 23.9. The summed E-state index contributed by atoms with van der Waals surface area (Å²) in [5, 5.41) is 0. The van der Waals surface area contributed by atoms with Crippen LogP contribution in [0.5, 0.6) is 0 Å². The fourth-order valence-corrected chi connectivity index (χ4v) is 8.66. The van der Waals surface area contributed by atoms with Gasteiger partial charge in [0.2, 0.25) is 0 Å². The Balaban J connectivity index is 1.10. The quantitative estimate of drug-likeness (QED) is 0.411. The van der Waals surface area contributed by atoms with Crippen molar-refractivity contribution >= 4 is 44.3 Å². The molecule has 7 rings (SSSR count). The molecule has 44 heavy (non-hydrogen) atoms. The topological polar surface area (TPSA) is 184 Å². The second-order valence-corrected chi connectivity index (χ2v) is 15.0. The average molecular weight is 652 g/mol. The number of aromatic nitrogens is 5. The summed E-state index contributed by atoms with van der Waals surface area (Å²) in [4.78, 5) is 28.9. The Labute approximate surface area is 251 Å². The van der Waals surface area contributed by atoms with Crippen molar-refractivity contribution in [2.75, 3.05) is 26.5 Å². The first-order chi connectivity index (χ1) is 21.0. The Kier molecular flexibility index (Phi) is 7.60. The van der Waals surface area contributed by atoms with Crippen LogP contribution < -0.4 is 5.73 Å². The van der Waals surface area contributed by atoms with Gasteiger partial charge in [0, 0.05) is 31.7 Å². The maximum absolute atomic E-state index is 16.1. The predicted octanol–water partition coefficient (Wildman–Crippen LogP) is 3.08. The van der Waals surface area contributed by atoms with Gasteiger partial charge in [-0.05, 0) is 29.6 Å². The van der Waals surface area contributed by atoms with E-state index in [1.165, 1.54) is 23.9 Å². The molecule has 15 nitrogen and oxygen atoms in total. The summed E-state index contributed by atoms with van der Waals surface area (Å²) >= 11 is 0. The number of nitrogens with zero attached hydrogens (tertiary/aromatic N) is 6. The van der Waals surface area contributed by atoms with Crippen LogP contribution in [0.15, 0.2) is 42.3 Å². The molecule has 3 aliphatic heterocycles. The molecular weight excluding hydrogens is 619 g/mol. The number of amides is 1. The van der Waals surface area contributed by atoms with Crippen LogP contribution in [-0.4, -0.2) is 80.4 Å². The molecule has 2 unspecified atom stereocenters. The normalized spacial score (nSPS) is 39.8. The van der Waals surface area contributed by atoms with Crippen LogP contribution in [0.1, 0.15) is 26.0 Å². The number of alkyl halides is 1. The molecule has 1 aliphatic carbocycles. The lowest BCUT2D eigenvalue weighted by Crippen LogP contribution is -2.50. The molecule has 0 radical (unpaired) electrons. The van der Waals surface area contributed by atoms with E-state index in [1.807, 2.05) is 13.0 Å². The van der Waals surface area contributed by atoms with Gasteiger partial charge < -0.3 is 24.0 Å². The van der Waals surface area contributed by atoms with E-state index < -0.39 is 51.8 Å². The first-order valence-corrected chi connectivity index (χ1v) is 17.4. The molecule has 1 saturated carbocycles. The van der Waals surface area contributed by atoms with Gasteiger partial charge in [-0.2, -0.15) is 0 Å². The lowest BCUT2D eigenvalue weighted by molar-refractivity contribution is -0.112. The number of carbonyl (C=O) groups is 1. The molecule has 10 atom stereocenters. The number of allylic oxidation sites excluding steroid dienone is 1. The molecule has 0 spiro atoms. The Bertz CT molecular complexity index is 1750. The van der Waals surface area contributed by atoms with Crippen LogP contribution in [0.3, 0.4) is 0 Å². The van der Waals surface area contributed by atoms with Crippen molar-refractivity contribution in [2.45, 2.75) is 44.4 Å². The maximum Gasteiger partial charge on any atom is 0.328 e. The number of halogens is 1. The molecule has 2 saturated heterocycles. The highest BCUT2D eigenvalue weighted by molar-refractivity contribution is 7.53. The molecule has 0 aromatic carbocycles. The molecule has 6 heterocycles. The van der Waals surface area contributed by atoms with Gasteiger partial charge >= 0.3 is 15.9 Å². The molecule has 3 aromatic rings. The number of ether oxygens (including phenoxy) is 1. The largest absolute Gasteiger partial charge is 0.365 e. The van der Waals surface area contributed by atoms with Crippen LogP contribution in [0.25, 0.3) is 16.8 Å².